The van der Waals surface area contributed by atoms with E-state index in [1.165, 1.54) is 0 Å². The minimum absolute atomic E-state index is 0.165. The van der Waals surface area contributed by atoms with Gasteiger partial charge in [-0.2, -0.15) is 0 Å². The van der Waals surface area contributed by atoms with Crippen molar-refractivity contribution in [3.8, 4) is 0 Å². The minimum Gasteiger partial charge on any atom is -0.391 e. The second kappa shape index (κ2) is 7.72. The molecule has 2 N–H and O–H groups in total. The molecule has 2 aromatic heterocycles. The summed E-state index contributed by atoms with van der Waals surface area (Å²) in [5.41, 5.74) is 2.34. The third-order valence-corrected chi connectivity index (χ3v) is 4.86. The Bertz CT molecular complexity index is 960. The highest BCUT2D eigenvalue weighted by atomic mass is 16.3. The third-order valence-electron chi connectivity index (χ3n) is 4.86. The summed E-state index contributed by atoms with van der Waals surface area (Å²) in [6.45, 7) is 1.82. The predicted octanol–water partition coefficient (Wildman–Crippen LogP) is 2.52. The zero-order chi connectivity index (χ0) is 18.6. The van der Waals surface area contributed by atoms with E-state index >= 15 is 0 Å². The van der Waals surface area contributed by atoms with Crippen LogP contribution in [0.1, 0.15) is 28.8 Å². The average Bonchev–Trinajstić information content (AvgIpc) is 2.72. The molecule has 1 aliphatic rings. The quantitative estimate of drug-likeness (QED) is 0.746. The summed E-state index contributed by atoms with van der Waals surface area (Å²) in [4.78, 5) is 23.5. The third kappa shape index (κ3) is 3.90. The fraction of sp³-hybridized carbons (Fsp3) is 0.286. The van der Waals surface area contributed by atoms with Gasteiger partial charge in [0.15, 0.2) is 0 Å². The van der Waals surface area contributed by atoms with E-state index in [0.717, 1.165) is 41.7 Å². The molecule has 4 rings (SSSR count). The van der Waals surface area contributed by atoms with E-state index in [9.17, 15) is 9.90 Å². The largest absolute Gasteiger partial charge is 0.391 e. The predicted molar refractivity (Wildman–Crippen MR) is 105 cm³/mol. The number of hydrogen-bond donors (Lipinski definition) is 2. The summed E-state index contributed by atoms with van der Waals surface area (Å²) in [6, 6.07) is 13.4. The summed E-state index contributed by atoms with van der Waals surface area (Å²) < 4.78 is 0. The number of rotatable bonds is 4. The van der Waals surface area contributed by atoms with Crippen LogP contribution in [0, 0.1) is 0 Å². The van der Waals surface area contributed by atoms with Gasteiger partial charge in [0, 0.05) is 43.0 Å². The van der Waals surface area contributed by atoms with Crippen molar-refractivity contribution >= 4 is 22.6 Å². The molecule has 138 valence electrons. The molecule has 1 unspecified atom stereocenters. The van der Waals surface area contributed by atoms with Gasteiger partial charge in [0.1, 0.15) is 5.82 Å². The maximum Gasteiger partial charge on any atom is 0.253 e. The molecule has 6 heteroatoms. The molecule has 1 aliphatic heterocycles. The van der Waals surface area contributed by atoms with Crippen LogP contribution in [0.15, 0.2) is 54.9 Å². The number of fused-ring (bicyclic) bond motifs is 1. The van der Waals surface area contributed by atoms with Crippen LogP contribution in [-0.4, -0.2) is 40.2 Å². The van der Waals surface area contributed by atoms with Crippen molar-refractivity contribution in [2.75, 3.05) is 18.0 Å². The van der Waals surface area contributed by atoms with Gasteiger partial charge in [0.05, 0.1) is 17.2 Å². The number of pyridine rings is 2. The molecule has 27 heavy (non-hydrogen) atoms. The van der Waals surface area contributed by atoms with Gasteiger partial charge in [-0.1, -0.05) is 24.3 Å². The van der Waals surface area contributed by atoms with E-state index < -0.39 is 0 Å². The first kappa shape index (κ1) is 17.4. The van der Waals surface area contributed by atoms with E-state index in [4.69, 9.17) is 0 Å². The van der Waals surface area contributed by atoms with Crippen LogP contribution in [0.25, 0.3) is 10.9 Å². The minimum atomic E-state index is -0.327. The first-order valence-corrected chi connectivity index (χ1v) is 9.20. The molecule has 1 atom stereocenters. The molecule has 0 spiro atoms. The molecule has 0 radical (unpaired) electrons. The van der Waals surface area contributed by atoms with Crippen LogP contribution in [0.5, 0.6) is 0 Å². The lowest BCUT2D eigenvalue weighted by molar-refractivity contribution is 0.0950. The number of amides is 1. The summed E-state index contributed by atoms with van der Waals surface area (Å²) >= 11 is 0. The van der Waals surface area contributed by atoms with E-state index in [-0.39, 0.29) is 12.0 Å². The zero-order valence-electron chi connectivity index (χ0n) is 15.0. The van der Waals surface area contributed by atoms with Gasteiger partial charge in [-0.3, -0.25) is 9.78 Å². The van der Waals surface area contributed by atoms with Crippen LogP contribution in [0.2, 0.25) is 0 Å². The summed E-state index contributed by atoms with van der Waals surface area (Å²) in [5, 5.41) is 13.8. The van der Waals surface area contributed by atoms with Crippen molar-refractivity contribution in [1.29, 1.82) is 0 Å². The molecule has 3 heterocycles. The number of aromatic nitrogens is 2. The standard InChI is InChI=1S/C21H22N4O2/c26-18-7-4-10-25(14-18)20-16(6-3-9-22-20)12-24-21(27)17-11-15-5-1-2-8-19(15)23-13-17/h1-3,5-6,8-9,11,13,18,26H,4,7,10,12,14H2,(H,24,27). The molecular formula is C21H22N4O2. The number of nitrogens with zero attached hydrogens (tertiary/aromatic N) is 3. The summed E-state index contributed by atoms with van der Waals surface area (Å²) in [7, 11) is 0. The number of piperidine rings is 1. The van der Waals surface area contributed by atoms with Crippen molar-refractivity contribution in [3.63, 3.8) is 0 Å². The molecule has 1 aromatic carbocycles. The lowest BCUT2D eigenvalue weighted by Crippen LogP contribution is -2.39. The molecule has 1 fully saturated rings. The monoisotopic (exact) mass is 362 g/mol. The zero-order valence-corrected chi connectivity index (χ0v) is 15.0. The number of benzene rings is 1. The molecular weight excluding hydrogens is 340 g/mol. The average molecular weight is 362 g/mol. The van der Waals surface area contributed by atoms with Crippen molar-refractivity contribution < 1.29 is 9.90 Å². The molecule has 6 nitrogen and oxygen atoms in total. The second-order valence-corrected chi connectivity index (χ2v) is 6.83. The summed E-state index contributed by atoms with van der Waals surface area (Å²) in [6.07, 6.45) is 4.78. The molecule has 1 amide bonds. The number of anilines is 1. The van der Waals surface area contributed by atoms with Gasteiger partial charge in [0.2, 0.25) is 0 Å². The summed E-state index contributed by atoms with van der Waals surface area (Å²) in [5.74, 6) is 0.662. The second-order valence-electron chi connectivity index (χ2n) is 6.83. The molecule has 0 saturated carbocycles. The smallest absolute Gasteiger partial charge is 0.253 e. The Kier molecular flexibility index (Phi) is 4.98. The van der Waals surface area contributed by atoms with Crippen LogP contribution in [0.3, 0.4) is 0 Å². The maximum absolute atomic E-state index is 12.6. The molecule has 3 aromatic rings. The van der Waals surface area contributed by atoms with Crippen LogP contribution >= 0.6 is 0 Å². The number of carbonyl (C=O) groups is 1. The topological polar surface area (TPSA) is 78.4 Å². The first-order valence-electron chi connectivity index (χ1n) is 9.20. The van der Waals surface area contributed by atoms with Crippen molar-refractivity contribution in [2.24, 2.45) is 0 Å². The molecule has 0 bridgehead atoms. The van der Waals surface area contributed by atoms with Gasteiger partial charge in [-0.25, -0.2) is 4.98 Å². The van der Waals surface area contributed by atoms with Crippen molar-refractivity contribution in [2.45, 2.75) is 25.5 Å². The van der Waals surface area contributed by atoms with Crippen LogP contribution in [-0.2, 0) is 6.54 Å². The Hall–Kier alpha value is -2.99. The van der Waals surface area contributed by atoms with Gasteiger partial charge in [-0.05, 0) is 31.0 Å². The van der Waals surface area contributed by atoms with Gasteiger partial charge in [-0.15, -0.1) is 0 Å². The number of carbonyl (C=O) groups excluding carboxylic acids is 1. The number of para-hydroxylation sites is 1. The van der Waals surface area contributed by atoms with Crippen LogP contribution in [0.4, 0.5) is 5.82 Å². The number of aliphatic hydroxyl groups is 1. The fourth-order valence-corrected chi connectivity index (χ4v) is 3.47. The molecule has 0 aliphatic carbocycles. The number of nitrogens with one attached hydrogen (secondary N) is 1. The maximum atomic E-state index is 12.6. The first-order chi connectivity index (χ1) is 13.2. The lowest BCUT2D eigenvalue weighted by atomic mass is 10.1. The Labute approximate surface area is 157 Å². The van der Waals surface area contributed by atoms with E-state index in [0.29, 0.717) is 18.7 Å². The van der Waals surface area contributed by atoms with Gasteiger partial charge >= 0.3 is 0 Å². The van der Waals surface area contributed by atoms with Crippen LogP contribution < -0.4 is 10.2 Å². The molecule has 1 saturated heterocycles. The number of hydrogen-bond acceptors (Lipinski definition) is 5. The van der Waals surface area contributed by atoms with Gasteiger partial charge < -0.3 is 15.3 Å². The highest BCUT2D eigenvalue weighted by molar-refractivity contribution is 5.97. The SMILES string of the molecule is O=C(NCc1cccnc1N1CCCC(O)C1)c1cnc2ccccc2c1. The Morgan fingerprint density at radius 2 is 2.11 bits per heavy atom. The van der Waals surface area contributed by atoms with Crippen molar-refractivity contribution in [1.82, 2.24) is 15.3 Å². The van der Waals surface area contributed by atoms with Gasteiger partial charge in [0.25, 0.3) is 5.91 Å². The van der Waals surface area contributed by atoms with E-state index in [2.05, 4.69) is 20.2 Å². The number of β-amino-alcohol motifs (C(OH)–C–C–N with tert-alkyl or cyclic N) is 1. The fourth-order valence-electron chi connectivity index (χ4n) is 3.47. The lowest BCUT2D eigenvalue weighted by Gasteiger charge is -2.32. The van der Waals surface area contributed by atoms with E-state index in [1.807, 2.05) is 42.5 Å². The Morgan fingerprint density at radius 1 is 1.22 bits per heavy atom. The van der Waals surface area contributed by atoms with Crippen molar-refractivity contribution in [3.05, 3.63) is 66.0 Å². The highest BCUT2D eigenvalue weighted by Crippen LogP contribution is 2.22. The highest BCUT2D eigenvalue weighted by Gasteiger charge is 2.21. The van der Waals surface area contributed by atoms with E-state index in [1.54, 1.807) is 12.4 Å². The Morgan fingerprint density at radius 3 is 3.00 bits per heavy atom. The Balaban J connectivity index is 1.48. The normalized spacial score (nSPS) is 17.1. The number of aliphatic hydroxyl groups excluding tert-OH is 1.